The first-order valence-corrected chi connectivity index (χ1v) is 2.75. The molecule has 0 amide bonds. The van der Waals surface area contributed by atoms with Crippen LogP contribution in [-0.2, 0) is 0 Å². The summed E-state index contributed by atoms with van der Waals surface area (Å²) < 4.78 is 4.33. The Labute approximate surface area is 77.6 Å². The fourth-order valence-electron chi connectivity index (χ4n) is 0.589. The molecule has 3 nitrogen and oxygen atoms in total. The predicted octanol–water partition coefficient (Wildman–Crippen LogP) is -1.14. The smallest absolute Gasteiger partial charge is 1.00 e. The van der Waals surface area contributed by atoms with Crippen molar-refractivity contribution in [2.75, 3.05) is 0 Å². The van der Waals surface area contributed by atoms with Crippen LogP contribution in [0.3, 0.4) is 0 Å². The van der Waals surface area contributed by atoms with Gasteiger partial charge < -0.3 is 11.3 Å². The third-order valence-electron chi connectivity index (χ3n) is 0.948. The Morgan fingerprint density at radius 2 is 1.91 bits per heavy atom. The zero-order chi connectivity index (χ0) is 7.40. The Kier molecular flexibility index (Phi) is 4.43. The molecule has 0 aromatic heterocycles. The molecule has 54 valence electrons. The Morgan fingerprint density at radius 1 is 1.36 bits per heavy atom. The van der Waals surface area contributed by atoms with Gasteiger partial charge in [0.2, 0.25) is 0 Å². The number of carboxylic acid groups (broad SMARTS) is 1. The standard InChI is InChI=1S/C7H6O3.Li.H/c8-7(9)10-6-4-2-1-3-5-6;;/h1-5H,(H,8,9);;/q;+1;-1. The van der Waals surface area contributed by atoms with Crippen molar-refractivity contribution in [1.82, 2.24) is 0 Å². The van der Waals surface area contributed by atoms with Gasteiger partial charge in [-0.3, -0.25) is 0 Å². The van der Waals surface area contributed by atoms with E-state index in [0.717, 1.165) is 0 Å². The number of benzene rings is 1. The molecule has 1 N–H and O–H groups in total. The molecule has 0 saturated carbocycles. The summed E-state index contributed by atoms with van der Waals surface area (Å²) >= 11 is 0. The van der Waals surface area contributed by atoms with E-state index in [-0.39, 0.29) is 20.3 Å². The van der Waals surface area contributed by atoms with Gasteiger partial charge in [0.25, 0.3) is 0 Å². The third kappa shape index (κ3) is 3.71. The van der Waals surface area contributed by atoms with Crippen molar-refractivity contribution in [2.24, 2.45) is 0 Å². The van der Waals surface area contributed by atoms with Crippen LogP contribution < -0.4 is 23.6 Å². The molecule has 0 saturated heterocycles. The number of carbonyl (C=O) groups is 1. The molecule has 0 bridgehead atoms. The third-order valence-corrected chi connectivity index (χ3v) is 0.948. The Bertz CT molecular complexity index is 227. The van der Waals surface area contributed by atoms with Gasteiger partial charge in [0, 0.05) is 0 Å². The minimum Gasteiger partial charge on any atom is -1.00 e. The molecule has 0 heterocycles. The van der Waals surface area contributed by atoms with Crippen molar-refractivity contribution >= 4 is 6.16 Å². The molecule has 4 heteroatoms. The van der Waals surface area contributed by atoms with E-state index in [9.17, 15) is 4.79 Å². The van der Waals surface area contributed by atoms with Crippen LogP contribution in [0.15, 0.2) is 30.3 Å². The molecular weight excluding hydrogens is 139 g/mol. The summed E-state index contributed by atoms with van der Waals surface area (Å²) in [5.74, 6) is 0.343. The van der Waals surface area contributed by atoms with E-state index in [1.54, 1.807) is 30.3 Å². The largest absolute Gasteiger partial charge is 1.00 e. The second-order valence-electron chi connectivity index (χ2n) is 1.68. The van der Waals surface area contributed by atoms with Crippen LogP contribution in [-0.4, -0.2) is 11.3 Å². The van der Waals surface area contributed by atoms with Crippen molar-refractivity contribution in [2.45, 2.75) is 0 Å². The molecule has 1 aromatic rings. The van der Waals surface area contributed by atoms with Crippen molar-refractivity contribution in [1.29, 1.82) is 0 Å². The van der Waals surface area contributed by atoms with Crippen LogP contribution in [0.4, 0.5) is 4.79 Å². The first-order valence-electron chi connectivity index (χ1n) is 2.75. The van der Waals surface area contributed by atoms with Gasteiger partial charge in [-0.25, -0.2) is 4.79 Å². The average molecular weight is 146 g/mol. The molecule has 0 atom stereocenters. The van der Waals surface area contributed by atoms with E-state index in [2.05, 4.69) is 4.74 Å². The predicted molar refractivity (Wildman–Crippen MR) is 36.2 cm³/mol. The van der Waals surface area contributed by atoms with E-state index >= 15 is 0 Å². The molecule has 1 aromatic carbocycles. The van der Waals surface area contributed by atoms with Crippen LogP contribution in [0, 0.1) is 0 Å². The van der Waals surface area contributed by atoms with Crippen LogP contribution in [0.25, 0.3) is 0 Å². The second-order valence-corrected chi connectivity index (χ2v) is 1.68. The van der Waals surface area contributed by atoms with Crippen LogP contribution >= 0.6 is 0 Å². The van der Waals surface area contributed by atoms with Crippen LogP contribution in [0.1, 0.15) is 1.43 Å². The fourth-order valence-corrected chi connectivity index (χ4v) is 0.589. The van der Waals surface area contributed by atoms with Crippen molar-refractivity contribution in [3.05, 3.63) is 30.3 Å². The maximum atomic E-state index is 9.95. The van der Waals surface area contributed by atoms with E-state index < -0.39 is 6.16 Å². The van der Waals surface area contributed by atoms with E-state index in [1.807, 2.05) is 0 Å². The summed E-state index contributed by atoms with van der Waals surface area (Å²) in [6.45, 7) is 0. The zero-order valence-corrected chi connectivity index (χ0v) is 6.15. The number of hydrogen-bond acceptors (Lipinski definition) is 2. The van der Waals surface area contributed by atoms with Gasteiger partial charge in [-0.1, -0.05) is 18.2 Å². The summed E-state index contributed by atoms with van der Waals surface area (Å²) in [5, 5.41) is 8.14. The molecule has 0 aliphatic carbocycles. The molecular formula is C7H7LiO3. The minimum absolute atomic E-state index is 0. The molecule has 0 aliphatic rings. The van der Waals surface area contributed by atoms with Crippen molar-refractivity contribution in [3.8, 4) is 5.75 Å². The monoisotopic (exact) mass is 146 g/mol. The SMILES string of the molecule is O=C(O)Oc1ccccc1.[H-].[Li+]. The number of ether oxygens (including phenoxy) is 1. The van der Waals surface area contributed by atoms with Gasteiger partial charge in [-0.2, -0.15) is 0 Å². The summed E-state index contributed by atoms with van der Waals surface area (Å²) in [6.07, 6.45) is -1.29. The quantitative estimate of drug-likeness (QED) is 0.309. The van der Waals surface area contributed by atoms with Gasteiger partial charge in [0.15, 0.2) is 0 Å². The molecule has 0 aliphatic heterocycles. The molecule has 0 unspecified atom stereocenters. The fraction of sp³-hybridized carbons (Fsp3) is 0. The van der Waals surface area contributed by atoms with Gasteiger partial charge in [0.05, 0.1) is 0 Å². The average Bonchev–Trinajstić information content (AvgIpc) is 1.88. The number of para-hydroxylation sites is 1. The minimum atomic E-state index is -1.29. The number of hydrogen-bond donors (Lipinski definition) is 1. The van der Waals surface area contributed by atoms with Gasteiger partial charge in [0.1, 0.15) is 5.75 Å². The maximum Gasteiger partial charge on any atom is 1.00 e. The van der Waals surface area contributed by atoms with Crippen LogP contribution in [0.5, 0.6) is 5.75 Å². The molecule has 0 spiro atoms. The second kappa shape index (κ2) is 4.84. The Hall–Kier alpha value is -0.913. The van der Waals surface area contributed by atoms with E-state index in [0.29, 0.717) is 5.75 Å². The van der Waals surface area contributed by atoms with E-state index in [1.165, 1.54) is 0 Å². The molecule has 1 rings (SSSR count). The van der Waals surface area contributed by atoms with Gasteiger partial charge in [-0.05, 0) is 12.1 Å². The summed E-state index contributed by atoms with van der Waals surface area (Å²) in [7, 11) is 0. The zero-order valence-electron chi connectivity index (χ0n) is 7.15. The summed E-state index contributed by atoms with van der Waals surface area (Å²) in [5.41, 5.74) is 0. The molecule has 0 fully saturated rings. The topological polar surface area (TPSA) is 46.5 Å². The van der Waals surface area contributed by atoms with Gasteiger partial charge in [-0.15, -0.1) is 0 Å². The number of rotatable bonds is 1. The first kappa shape index (κ1) is 10.1. The maximum absolute atomic E-state index is 9.95. The van der Waals surface area contributed by atoms with Crippen LogP contribution in [0.2, 0.25) is 0 Å². The van der Waals surface area contributed by atoms with Crippen molar-refractivity contribution < 1.29 is 34.9 Å². The Balaban J connectivity index is 0. The van der Waals surface area contributed by atoms with Gasteiger partial charge >= 0.3 is 25.0 Å². The first-order chi connectivity index (χ1) is 4.79. The summed E-state index contributed by atoms with van der Waals surface area (Å²) in [4.78, 5) is 9.95. The normalized spacial score (nSPS) is 8.00. The Morgan fingerprint density at radius 3 is 2.36 bits per heavy atom. The van der Waals surface area contributed by atoms with Crippen molar-refractivity contribution in [3.63, 3.8) is 0 Å². The molecule has 0 radical (unpaired) electrons. The summed E-state index contributed by atoms with van der Waals surface area (Å²) in [6, 6.07) is 8.35. The van der Waals surface area contributed by atoms with E-state index in [4.69, 9.17) is 5.11 Å². The molecule has 11 heavy (non-hydrogen) atoms.